The Balaban J connectivity index is 0.000000229. The van der Waals surface area contributed by atoms with E-state index in [0.29, 0.717) is 37.2 Å². The smallest absolute Gasteiger partial charge is 0.410 e. The van der Waals surface area contributed by atoms with Gasteiger partial charge in [-0.3, -0.25) is 14.3 Å². The number of morpholine rings is 2. The minimum atomic E-state index is -0.558. The molecule has 50 heavy (non-hydrogen) atoms. The average molecular weight is 748 g/mol. The molecule has 0 aliphatic carbocycles. The standard InChI is InChI=1S/C21H28ClN3O3.C16H20ClN3O.ClH/c1-14-10-18(23-24(14)5)19-12-25(20(26)28-21(2,3)4)17(13-27-19)11-15-6-8-16(22)9-7-15;1-11-7-15(19-20(11)2)16-9-18-14(10-21-16)8-12-3-5-13(17)6-4-12;/h6-10,17,19H,11-13H2,1-5H3;3-7,14,16,18H,8-10H2,1-2H3;1H/t17-,19+;14-,16+;/m00./s1. The number of ether oxygens (including phenoxy) is 3. The van der Waals surface area contributed by atoms with Gasteiger partial charge in [0.25, 0.3) is 0 Å². The summed E-state index contributed by atoms with van der Waals surface area (Å²) in [4.78, 5) is 14.7. The maximum atomic E-state index is 12.9. The summed E-state index contributed by atoms with van der Waals surface area (Å²) in [7, 11) is 3.86. The summed E-state index contributed by atoms with van der Waals surface area (Å²) in [6, 6.07) is 20.0. The fourth-order valence-electron chi connectivity index (χ4n) is 5.82. The normalized spacial score (nSPS) is 20.8. The molecule has 2 aromatic carbocycles. The fraction of sp³-hybridized carbons (Fsp3) is 0.486. The van der Waals surface area contributed by atoms with Gasteiger partial charge in [0, 0.05) is 48.1 Å². The fourth-order valence-corrected chi connectivity index (χ4v) is 6.08. The number of carbonyl (C=O) groups excluding carboxylic acids is 1. The lowest BCUT2D eigenvalue weighted by molar-refractivity contribution is -0.0724. The predicted octanol–water partition coefficient (Wildman–Crippen LogP) is 7.38. The van der Waals surface area contributed by atoms with Crippen LogP contribution in [0.5, 0.6) is 0 Å². The number of nitrogens with zero attached hydrogens (tertiary/aromatic N) is 5. The van der Waals surface area contributed by atoms with Crippen molar-refractivity contribution in [2.45, 2.75) is 77.4 Å². The predicted molar refractivity (Wildman–Crippen MR) is 199 cm³/mol. The van der Waals surface area contributed by atoms with Crippen LogP contribution in [0.2, 0.25) is 10.0 Å². The molecule has 0 radical (unpaired) electrons. The first kappa shape index (κ1) is 39.7. The van der Waals surface area contributed by atoms with Gasteiger partial charge in [0.2, 0.25) is 0 Å². The number of benzene rings is 2. The summed E-state index contributed by atoms with van der Waals surface area (Å²) in [5.41, 5.74) is 5.84. The molecule has 13 heteroatoms. The van der Waals surface area contributed by atoms with Gasteiger partial charge in [-0.25, -0.2) is 4.79 Å². The maximum absolute atomic E-state index is 12.9. The van der Waals surface area contributed by atoms with Crippen LogP contribution >= 0.6 is 35.6 Å². The highest BCUT2D eigenvalue weighted by Crippen LogP contribution is 2.28. The average Bonchev–Trinajstić information content (AvgIpc) is 3.58. The van der Waals surface area contributed by atoms with E-state index in [1.165, 1.54) is 5.56 Å². The van der Waals surface area contributed by atoms with Crippen LogP contribution in [0.4, 0.5) is 4.79 Å². The van der Waals surface area contributed by atoms with Crippen molar-refractivity contribution < 1.29 is 19.0 Å². The Morgan fingerprint density at radius 3 is 1.80 bits per heavy atom. The van der Waals surface area contributed by atoms with Crippen molar-refractivity contribution in [3.8, 4) is 0 Å². The number of aryl methyl sites for hydroxylation is 4. The molecule has 0 saturated carbocycles. The molecule has 2 fully saturated rings. The maximum Gasteiger partial charge on any atom is 0.410 e. The largest absolute Gasteiger partial charge is 0.444 e. The molecule has 10 nitrogen and oxygen atoms in total. The number of nitrogens with one attached hydrogen (secondary N) is 1. The molecule has 2 aliphatic heterocycles. The van der Waals surface area contributed by atoms with Gasteiger partial charge in [0.05, 0.1) is 37.2 Å². The van der Waals surface area contributed by atoms with E-state index in [2.05, 4.69) is 40.6 Å². The molecule has 0 unspecified atom stereocenters. The lowest BCUT2D eigenvalue weighted by Gasteiger charge is -2.39. The molecule has 1 amide bonds. The molecule has 2 aliphatic rings. The van der Waals surface area contributed by atoms with Gasteiger partial charge in [0.1, 0.15) is 17.8 Å². The van der Waals surface area contributed by atoms with Gasteiger partial charge >= 0.3 is 6.09 Å². The van der Waals surface area contributed by atoms with Crippen LogP contribution in [0.3, 0.4) is 0 Å². The summed E-state index contributed by atoms with van der Waals surface area (Å²) < 4.78 is 21.4. The van der Waals surface area contributed by atoms with Gasteiger partial charge in [-0.2, -0.15) is 10.2 Å². The molecule has 4 aromatic rings. The zero-order valence-corrected chi connectivity index (χ0v) is 32.2. The molecule has 272 valence electrons. The third-order valence-electron chi connectivity index (χ3n) is 8.72. The van der Waals surface area contributed by atoms with Crippen LogP contribution in [0.1, 0.15) is 66.9 Å². The summed E-state index contributed by atoms with van der Waals surface area (Å²) in [5, 5.41) is 14.0. The van der Waals surface area contributed by atoms with Gasteiger partial charge < -0.3 is 19.5 Å². The number of hydrogen-bond donors (Lipinski definition) is 1. The van der Waals surface area contributed by atoms with Crippen molar-refractivity contribution in [1.82, 2.24) is 29.8 Å². The van der Waals surface area contributed by atoms with Crippen molar-refractivity contribution in [2.24, 2.45) is 14.1 Å². The van der Waals surface area contributed by atoms with Crippen molar-refractivity contribution in [1.29, 1.82) is 0 Å². The third-order valence-corrected chi connectivity index (χ3v) is 9.22. The highest BCUT2D eigenvalue weighted by atomic mass is 35.5. The molecule has 2 aromatic heterocycles. The Kier molecular flexibility index (Phi) is 13.8. The van der Waals surface area contributed by atoms with Crippen molar-refractivity contribution in [3.63, 3.8) is 0 Å². The highest BCUT2D eigenvalue weighted by Gasteiger charge is 2.36. The second-order valence-electron chi connectivity index (χ2n) is 13.9. The minimum Gasteiger partial charge on any atom is -0.444 e. The first-order valence-electron chi connectivity index (χ1n) is 16.7. The second kappa shape index (κ2) is 17.4. The van der Waals surface area contributed by atoms with Crippen LogP contribution in [0.25, 0.3) is 0 Å². The van der Waals surface area contributed by atoms with E-state index >= 15 is 0 Å². The summed E-state index contributed by atoms with van der Waals surface area (Å²) in [5.74, 6) is 0. The lowest BCUT2D eigenvalue weighted by Crippen LogP contribution is -2.52. The van der Waals surface area contributed by atoms with Crippen LogP contribution in [0.15, 0.2) is 60.7 Å². The van der Waals surface area contributed by atoms with E-state index in [1.54, 1.807) is 4.90 Å². The number of hydrogen-bond acceptors (Lipinski definition) is 7. The van der Waals surface area contributed by atoms with E-state index in [-0.39, 0.29) is 36.8 Å². The Hall–Kier alpha value is -3.12. The quantitative estimate of drug-likeness (QED) is 0.220. The highest BCUT2D eigenvalue weighted by molar-refractivity contribution is 6.30. The van der Waals surface area contributed by atoms with Crippen LogP contribution < -0.4 is 5.32 Å². The van der Waals surface area contributed by atoms with E-state index in [1.807, 2.05) is 93.6 Å². The lowest BCUT2D eigenvalue weighted by atomic mass is 10.0. The number of rotatable bonds is 6. The second-order valence-corrected chi connectivity index (χ2v) is 14.7. The first-order chi connectivity index (χ1) is 23.2. The molecule has 1 N–H and O–H groups in total. The topological polar surface area (TPSA) is 95.7 Å². The molecule has 0 spiro atoms. The van der Waals surface area contributed by atoms with Crippen molar-refractivity contribution in [3.05, 3.63) is 105 Å². The first-order valence-corrected chi connectivity index (χ1v) is 17.5. The van der Waals surface area contributed by atoms with Crippen LogP contribution in [0, 0.1) is 13.8 Å². The van der Waals surface area contributed by atoms with Gasteiger partial charge in [-0.1, -0.05) is 47.5 Å². The van der Waals surface area contributed by atoms with E-state index in [4.69, 9.17) is 37.4 Å². The molecule has 4 heterocycles. The molecular formula is C37H49Cl3N6O4. The van der Waals surface area contributed by atoms with Gasteiger partial charge in [-0.05, 0) is 95.0 Å². The number of halogens is 3. The zero-order chi connectivity index (χ0) is 35.3. The molecule has 4 atom stereocenters. The summed E-state index contributed by atoms with van der Waals surface area (Å²) in [6.45, 7) is 12.0. The van der Waals surface area contributed by atoms with E-state index < -0.39 is 5.60 Å². The third kappa shape index (κ3) is 10.9. The molecule has 2 saturated heterocycles. The minimum absolute atomic E-state index is 0. The summed E-state index contributed by atoms with van der Waals surface area (Å²) in [6.07, 6.45) is 1.07. The number of amides is 1. The SMILES string of the molecule is Cc1cc([C@H]2CN(C(=O)OC(C)(C)C)[C@@H](Cc3ccc(Cl)cc3)CO2)nn1C.Cc1cc([C@H]2CN[C@@H](Cc3ccc(Cl)cc3)CO2)nn1C.Cl. The van der Waals surface area contributed by atoms with Gasteiger partial charge in [0.15, 0.2) is 0 Å². The van der Waals surface area contributed by atoms with E-state index in [0.717, 1.165) is 46.3 Å². The monoisotopic (exact) mass is 746 g/mol. The molecule has 0 bridgehead atoms. The van der Waals surface area contributed by atoms with Crippen molar-refractivity contribution >= 4 is 41.7 Å². The molecule has 6 rings (SSSR count). The van der Waals surface area contributed by atoms with E-state index in [9.17, 15) is 4.79 Å². The number of carbonyl (C=O) groups is 1. The Bertz CT molecular complexity index is 1640. The molecular weight excluding hydrogens is 699 g/mol. The summed E-state index contributed by atoms with van der Waals surface area (Å²) >= 11 is 11.9. The Labute approximate surface area is 311 Å². The zero-order valence-electron chi connectivity index (χ0n) is 29.9. The van der Waals surface area contributed by atoms with Crippen LogP contribution in [-0.4, -0.2) is 74.5 Å². The van der Waals surface area contributed by atoms with Crippen molar-refractivity contribution in [2.75, 3.05) is 26.3 Å². The van der Waals surface area contributed by atoms with Crippen LogP contribution in [-0.2, 0) is 41.1 Å². The number of aromatic nitrogens is 4. The Morgan fingerprint density at radius 1 is 0.840 bits per heavy atom. The van der Waals surface area contributed by atoms with Gasteiger partial charge in [-0.15, -0.1) is 12.4 Å². The Morgan fingerprint density at radius 2 is 1.34 bits per heavy atom.